The van der Waals surface area contributed by atoms with Gasteiger partial charge in [0.2, 0.25) is 0 Å². The number of halogens is 1. The highest BCUT2D eigenvalue weighted by Gasteiger charge is 2.32. The minimum Gasteiger partial charge on any atom is -0.395 e. The van der Waals surface area contributed by atoms with E-state index in [9.17, 15) is 5.11 Å². The largest absolute Gasteiger partial charge is 0.395 e. The summed E-state index contributed by atoms with van der Waals surface area (Å²) in [5.74, 6) is 0. The molecular weight excluding hydrogens is 284 g/mol. The van der Waals surface area contributed by atoms with Gasteiger partial charge in [0.05, 0.1) is 12.6 Å². The first-order valence-electron chi connectivity index (χ1n) is 8.05. The maximum absolute atomic E-state index is 9.79. The quantitative estimate of drug-likeness (QED) is 0.877. The Balaban J connectivity index is 2.36. The topological polar surface area (TPSA) is 49.5 Å². The lowest BCUT2D eigenvalue weighted by Gasteiger charge is -2.39. The fraction of sp³-hybridized carbons (Fsp3) is 0.647. The van der Waals surface area contributed by atoms with E-state index in [0.717, 1.165) is 36.4 Å². The van der Waals surface area contributed by atoms with Crippen LogP contribution in [0.1, 0.15) is 50.6 Å². The molecule has 0 radical (unpaired) electrons. The number of aliphatic hydroxyl groups excluding tert-OH is 1. The summed E-state index contributed by atoms with van der Waals surface area (Å²) in [6.07, 6.45) is 5.49. The van der Waals surface area contributed by atoms with Gasteiger partial charge < -0.3 is 10.8 Å². The number of hydrogen-bond acceptors (Lipinski definition) is 3. The Kier molecular flexibility index (Phi) is 6.49. The van der Waals surface area contributed by atoms with Gasteiger partial charge >= 0.3 is 0 Å². The van der Waals surface area contributed by atoms with Gasteiger partial charge in [0, 0.05) is 17.1 Å². The summed E-state index contributed by atoms with van der Waals surface area (Å²) >= 11 is 6.43. The Morgan fingerprint density at radius 2 is 2.10 bits per heavy atom. The molecule has 0 saturated carbocycles. The van der Waals surface area contributed by atoms with Gasteiger partial charge in [-0.2, -0.15) is 0 Å². The van der Waals surface area contributed by atoms with E-state index in [4.69, 9.17) is 17.3 Å². The molecule has 3 N–H and O–H groups in total. The highest BCUT2D eigenvalue weighted by atomic mass is 35.5. The average molecular weight is 311 g/mol. The second-order valence-corrected chi connectivity index (χ2v) is 6.37. The minimum absolute atomic E-state index is 0.0250. The maximum atomic E-state index is 9.79. The Bertz CT molecular complexity index is 441. The molecule has 0 spiro atoms. The van der Waals surface area contributed by atoms with E-state index in [1.54, 1.807) is 0 Å². The van der Waals surface area contributed by atoms with E-state index >= 15 is 0 Å². The summed E-state index contributed by atoms with van der Waals surface area (Å²) in [4.78, 5) is 2.39. The molecule has 4 heteroatoms. The molecule has 1 heterocycles. The highest BCUT2D eigenvalue weighted by Crippen LogP contribution is 2.34. The van der Waals surface area contributed by atoms with E-state index in [-0.39, 0.29) is 24.7 Å². The van der Waals surface area contributed by atoms with Crippen LogP contribution in [0, 0.1) is 0 Å². The number of likely N-dealkylation sites (tertiary alicyclic amines) is 1. The number of rotatable bonds is 5. The predicted octanol–water partition coefficient (Wildman–Crippen LogP) is 3.36. The fourth-order valence-corrected chi connectivity index (χ4v) is 3.60. The molecule has 0 aliphatic carbocycles. The number of aliphatic hydroxyl groups is 1. The van der Waals surface area contributed by atoms with Crippen LogP contribution in [-0.4, -0.2) is 35.2 Å². The summed E-state index contributed by atoms with van der Waals surface area (Å²) in [5.41, 5.74) is 7.53. The van der Waals surface area contributed by atoms with Crippen LogP contribution in [0.4, 0.5) is 0 Å². The summed E-state index contributed by atoms with van der Waals surface area (Å²) in [7, 11) is 0. The molecule has 1 aliphatic rings. The summed E-state index contributed by atoms with van der Waals surface area (Å²) in [5, 5.41) is 10.6. The van der Waals surface area contributed by atoms with Crippen LogP contribution in [0.5, 0.6) is 0 Å². The average Bonchev–Trinajstić information content (AvgIpc) is 2.74. The fourth-order valence-electron chi connectivity index (χ4n) is 3.36. The third kappa shape index (κ3) is 3.98. The normalized spacial score (nSPS) is 23.5. The van der Waals surface area contributed by atoms with Crippen molar-refractivity contribution < 1.29 is 5.11 Å². The van der Waals surface area contributed by atoms with Crippen LogP contribution in [0.3, 0.4) is 0 Å². The van der Waals surface area contributed by atoms with Crippen LogP contribution in [0.25, 0.3) is 0 Å². The van der Waals surface area contributed by atoms with Crippen LogP contribution in [0.15, 0.2) is 24.3 Å². The Morgan fingerprint density at radius 1 is 1.33 bits per heavy atom. The number of benzene rings is 1. The molecule has 1 aromatic carbocycles. The summed E-state index contributed by atoms with van der Waals surface area (Å²) in [6, 6.07) is 8.26. The van der Waals surface area contributed by atoms with Gasteiger partial charge in [0.15, 0.2) is 0 Å². The van der Waals surface area contributed by atoms with Crippen LogP contribution in [0.2, 0.25) is 5.02 Å². The van der Waals surface area contributed by atoms with Crippen LogP contribution in [-0.2, 0) is 0 Å². The molecule has 1 aliphatic heterocycles. The van der Waals surface area contributed by atoms with E-state index in [1.165, 1.54) is 12.8 Å². The molecule has 0 amide bonds. The molecule has 2 rings (SSSR count). The van der Waals surface area contributed by atoms with Gasteiger partial charge in [0.1, 0.15) is 0 Å². The zero-order valence-corrected chi connectivity index (χ0v) is 13.6. The molecule has 0 aromatic heterocycles. The van der Waals surface area contributed by atoms with Crippen molar-refractivity contribution in [1.82, 2.24) is 4.90 Å². The number of nitrogens with zero attached hydrogens (tertiary/aromatic N) is 1. The molecule has 0 bridgehead atoms. The molecule has 21 heavy (non-hydrogen) atoms. The van der Waals surface area contributed by atoms with Gasteiger partial charge in [-0.15, -0.1) is 0 Å². The number of nitrogens with two attached hydrogens (primary N) is 1. The zero-order chi connectivity index (χ0) is 15.2. The molecule has 1 aromatic rings. The molecule has 118 valence electrons. The lowest BCUT2D eigenvalue weighted by atomic mass is 9.94. The molecular formula is C17H27ClN2O. The summed E-state index contributed by atoms with van der Waals surface area (Å²) < 4.78 is 0. The summed E-state index contributed by atoms with van der Waals surface area (Å²) in [6.45, 7) is 3.28. The standard InChI is InChI=1S/C17H27ClN2O/c1-2-16(19)17(14-9-5-6-10-15(14)18)20-11-7-3-4-8-13(20)12-21/h5-6,9-10,13,16-17,21H,2-4,7-8,11-12,19H2,1H3. The Morgan fingerprint density at radius 3 is 2.76 bits per heavy atom. The first kappa shape index (κ1) is 16.8. The van der Waals surface area contributed by atoms with Crippen molar-refractivity contribution in [3.8, 4) is 0 Å². The van der Waals surface area contributed by atoms with Crippen molar-refractivity contribution in [3.05, 3.63) is 34.9 Å². The SMILES string of the molecule is CCC(N)C(c1ccccc1Cl)N1CCCCCC1CO. The van der Waals surface area contributed by atoms with E-state index < -0.39 is 0 Å². The molecule has 3 atom stereocenters. The number of hydrogen-bond donors (Lipinski definition) is 2. The monoisotopic (exact) mass is 310 g/mol. The first-order chi connectivity index (χ1) is 10.2. The maximum Gasteiger partial charge on any atom is 0.0587 e. The first-order valence-corrected chi connectivity index (χ1v) is 8.43. The van der Waals surface area contributed by atoms with E-state index in [1.807, 2.05) is 18.2 Å². The molecule has 3 unspecified atom stereocenters. The van der Waals surface area contributed by atoms with Gasteiger partial charge in [-0.05, 0) is 37.4 Å². The Labute approximate surface area is 133 Å². The van der Waals surface area contributed by atoms with Crippen molar-refractivity contribution >= 4 is 11.6 Å². The van der Waals surface area contributed by atoms with Crippen molar-refractivity contribution in [3.63, 3.8) is 0 Å². The second-order valence-electron chi connectivity index (χ2n) is 5.96. The van der Waals surface area contributed by atoms with E-state index in [0.29, 0.717) is 0 Å². The van der Waals surface area contributed by atoms with E-state index in [2.05, 4.69) is 17.9 Å². The van der Waals surface area contributed by atoms with Crippen molar-refractivity contribution in [2.75, 3.05) is 13.2 Å². The van der Waals surface area contributed by atoms with Gasteiger partial charge in [-0.1, -0.05) is 49.6 Å². The van der Waals surface area contributed by atoms with Crippen LogP contribution < -0.4 is 5.73 Å². The minimum atomic E-state index is 0.0250. The lowest BCUT2D eigenvalue weighted by Crippen LogP contribution is -2.47. The predicted molar refractivity (Wildman–Crippen MR) is 88.5 cm³/mol. The van der Waals surface area contributed by atoms with Crippen molar-refractivity contribution in [2.24, 2.45) is 5.73 Å². The van der Waals surface area contributed by atoms with Gasteiger partial charge in [-0.3, -0.25) is 4.90 Å². The highest BCUT2D eigenvalue weighted by molar-refractivity contribution is 6.31. The van der Waals surface area contributed by atoms with Crippen molar-refractivity contribution in [2.45, 2.75) is 57.2 Å². The lowest BCUT2D eigenvalue weighted by molar-refractivity contribution is 0.0714. The molecule has 1 saturated heterocycles. The van der Waals surface area contributed by atoms with Gasteiger partial charge in [0.25, 0.3) is 0 Å². The van der Waals surface area contributed by atoms with Crippen molar-refractivity contribution in [1.29, 1.82) is 0 Å². The van der Waals surface area contributed by atoms with Crippen LogP contribution >= 0.6 is 11.6 Å². The molecule has 3 nitrogen and oxygen atoms in total. The third-order valence-electron chi connectivity index (χ3n) is 4.59. The third-order valence-corrected chi connectivity index (χ3v) is 4.94. The van der Waals surface area contributed by atoms with Gasteiger partial charge in [-0.25, -0.2) is 0 Å². The molecule has 1 fully saturated rings. The second kappa shape index (κ2) is 8.14. The zero-order valence-electron chi connectivity index (χ0n) is 12.8. The smallest absolute Gasteiger partial charge is 0.0587 e. The Hall–Kier alpha value is -0.610.